The van der Waals surface area contributed by atoms with Crippen LogP contribution in [0.1, 0.15) is 5.69 Å². The van der Waals surface area contributed by atoms with E-state index in [0.717, 1.165) is 11.4 Å². The summed E-state index contributed by atoms with van der Waals surface area (Å²) in [5, 5.41) is 7.03. The average molecular weight is 269 g/mol. The van der Waals surface area contributed by atoms with E-state index in [4.69, 9.17) is 12.2 Å². The molecule has 1 N–H and O–H groups in total. The zero-order chi connectivity index (χ0) is 13.2. The first-order chi connectivity index (χ1) is 9.25. The van der Waals surface area contributed by atoms with Crippen LogP contribution in [0.25, 0.3) is 17.2 Å². The third-order valence-electron chi connectivity index (χ3n) is 2.70. The van der Waals surface area contributed by atoms with Gasteiger partial charge >= 0.3 is 0 Å². The summed E-state index contributed by atoms with van der Waals surface area (Å²) in [6, 6.07) is 9.80. The van der Waals surface area contributed by atoms with Gasteiger partial charge in [0.2, 0.25) is 0 Å². The fraction of sp³-hybridized carbons (Fsp3) is 0.0769. The molecule has 0 saturated heterocycles. The lowest BCUT2D eigenvalue weighted by atomic mass is 10.3. The topological polar surface area (TPSA) is 59.4 Å². The van der Waals surface area contributed by atoms with Gasteiger partial charge in [-0.1, -0.05) is 18.2 Å². The number of benzene rings is 1. The van der Waals surface area contributed by atoms with Crippen LogP contribution in [0.15, 0.2) is 42.7 Å². The van der Waals surface area contributed by atoms with Crippen molar-refractivity contribution in [3.05, 3.63) is 53.2 Å². The molecule has 3 aromatic rings. The Balaban J connectivity index is 2.19. The Hall–Kier alpha value is -2.34. The number of nitrogens with zero attached hydrogens (tertiary/aromatic N) is 4. The highest BCUT2D eigenvalue weighted by molar-refractivity contribution is 7.71. The van der Waals surface area contributed by atoms with Crippen LogP contribution in [0.3, 0.4) is 0 Å². The lowest BCUT2D eigenvalue weighted by Gasteiger charge is -2.05. The van der Waals surface area contributed by atoms with Gasteiger partial charge in [-0.15, -0.1) is 0 Å². The normalized spacial score (nSPS) is 10.6. The highest BCUT2D eigenvalue weighted by Crippen LogP contribution is 2.18. The first-order valence-electron chi connectivity index (χ1n) is 5.77. The van der Waals surface area contributed by atoms with Crippen LogP contribution in [0, 0.1) is 11.7 Å². The van der Waals surface area contributed by atoms with E-state index in [0.29, 0.717) is 16.3 Å². The van der Waals surface area contributed by atoms with E-state index in [1.165, 1.54) is 0 Å². The third-order valence-corrected chi connectivity index (χ3v) is 2.97. The number of hydrogen-bond acceptors (Lipinski definition) is 4. The molecule has 0 fully saturated rings. The second kappa shape index (κ2) is 4.74. The van der Waals surface area contributed by atoms with Crippen LogP contribution < -0.4 is 0 Å². The first kappa shape index (κ1) is 11.7. The Kier molecular flexibility index (Phi) is 2.92. The summed E-state index contributed by atoms with van der Waals surface area (Å²) in [5.74, 6) is 0.656. The van der Waals surface area contributed by atoms with Crippen molar-refractivity contribution >= 4 is 12.2 Å². The summed E-state index contributed by atoms with van der Waals surface area (Å²) >= 11 is 5.28. The largest absolute Gasteiger partial charge is 0.267 e. The molecule has 0 amide bonds. The fourth-order valence-electron chi connectivity index (χ4n) is 1.79. The van der Waals surface area contributed by atoms with Gasteiger partial charge in [-0.2, -0.15) is 5.10 Å². The van der Waals surface area contributed by atoms with Gasteiger partial charge in [-0.05, 0) is 31.3 Å². The number of aryl methyl sites for hydroxylation is 1. The number of nitrogens with one attached hydrogen (secondary N) is 1. The van der Waals surface area contributed by atoms with E-state index in [1.54, 1.807) is 12.4 Å². The first-order valence-corrected chi connectivity index (χ1v) is 6.18. The van der Waals surface area contributed by atoms with E-state index in [9.17, 15) is 0 Å². The van der Waals surface area contributed by atoms with Crippen LogP contribution in [-0.4, -0.2) is 24.7 Å². The minimum atomic E-state index is 0.531. The second-order valence-electron chi connectivity index (χ2n) is 4.07. The quantitative estimate of drug-likeness (QED) is 0.727. The molecule has 6 heteroatoms. The zero-order valence-electron chi connectivity index (χ0n) is 10.2. The standard InChI is InChI=1S/C13H11N5S/c1-9-7-15-11(8-14-9)12-16-17-13(19)18(12)10-5-3-2-4-6-10/h2-8H,1H3,(H,17,19). The maximum Gasteiger partial charge on any atom is 0.200 e. The molecule has 2 aromatic heterocycles. The van der Waals surface area contributed by atoms with Crippen LogP contribution in [-0.2, 0) is 0 Å². The summed E-state index contributed by atoms with van der Waals surface area (Å²) in [6.45, 7) is 1.89. The van der Waals surface area contributed by atoms with Gasteiger partial charge in [0, 0.05) is 6.20 Å². The Morgan fingerprint density at radius 1 is 1.11 bits per heavy atom. The van der Waals surface area contributed by atoms with Gasteiger partial charge in [0.25, 0.3) is 0 Å². The van der Waals surface area contributed by atoms with Crippen molar-refractivity contribution in [2.75, 3.05) is 0 Å². The van der Waals surface area contributed by atoms with E-state index in [1.807, 2.05) is 41.8 Å². The highest BCUT2D eigenvalue weighted by Gasteiger charge is 2.11. The van der Waals surface area contributed by atoms with Crippen molar-refractivity contribution in [3.63, 3.8) is 0 Å². The second-order valence-corrected chi connectivity index (χ2v) is 4.45. The molecule has 0 aliphatic carbocycles. The molecule has 3 rings (SSSR count). The molecule has 5 nitrogen and oxygen atoms in total. The number of para-hydroxylation sites is 1. The van der Waals surface area contributed by atoms with E-state index in [2.05, 4.69) is 20.2 Å². The minimum Gasteiger partial charge on any atom is -0.267 e. The Morgan fingerprint density at radius 3 is 2.58 bits per heavy atom. The van der Waals surface area contributed by atoms with Crippen LogP contribution in [0.2, 0.25) is 0 Å². The van der Waals surface area contributed by atoms with Gasteiger partial charge < -0.3 is 0 Å². The number of rotatable bonds is 2. The van der Waals surface area contributed by atoms with Gasteiger partial charge in [0.1, 0.15) is 5.69 Å². The molecule has 2 heterocycles. The monoisotopic (exact) mass is 269 g/mol. The van der Waals surface area contributed by atoms with Crippen molar-refractivity contribution < 1.29 is 0 Å². The fourth-order valence-corrected chi connectivity index (χ4v) is 2.03. The molecule has 1 aromatic carbocycles. The maximum atomic E-state index is 5.28. The number of aromatic amines is 1. The van der Waals surface area contributed by atoms with E-state index in [-0.39, 0.29) is 0 Å². The zero-order valence-corrected chi connectivity index (χ0v) is 11.1. The molecule has 0 saturated carbocycles. The summed E-state index contributed by atoms with van der Waals surface area (Å²) < 4.78 is 2.37. The SMILES string of the molecule is Cc1cnc(-c2n[nH]c(=S)n2-c2ccccc2)cn1. The lowest BCUT2D eigenvalue weighted by molar-refractivity contribution is 1.02. The van der Waals surface area contributed by atoms with Crippen molar-refractivity contribution in [2.45, 2.75) is 6.92 Å². The summed E-state index contributed by atoms with van der Waals surface area (Å²) in [4.78, 5) is 8.57. The molecular weight excluding hydrogens is 258 g/mol. The molecule has 0 atom stereocenters. The third kappa shape index (κ3) is 2.17. The van der Waals surface area contributed by atoms with E-state index < -0.39 is 0 Å². The van der Waals surface area contributed by atoms with Crippen LogP contribution >= 0.6 is 12.2 Å². The van der Waals surface area contributed by atoms with E-state index >= 15 is 0 Å². The van der Waals surface area contributed by atoms with Gasteiger partial charge in [0.05, 0.1) is 17.6 Å². The molecule has 94 valence electrons. The molecule has 0 radical (unpaired) electrons. The molecule has 19 heavy (non-hydrogen) atoms. The van der Waals surface area contributed by atoms with Crippen LogP contribution in [0.4, 0.5) is 0 Å². The van der Waals surface area contributed by atoms with Crippen molar-refractivity contribution in [2.24, 2.45) is 0 Å². The van der Waals surface area contributed by atoms with Crippen molar-refractivity contribution in [3.8, 4) is 17.2 Å². The molecule has 0 unspecified atom stereocenters. The highest BCUT2D eigenvalue weighted by atomic mass is 32.1. The summed E-state index contributed by atoms with van der Waals surface area (Å²) in [6.07, 6.45) is 3.40. The Labute approximate surface area is 115 Å². The van der Waals surface area contributed by atoms with Gasteiger partial charge in [-0.3, -0.25) is 14.6 Å². The van der Waals surface area contributed by atoms with Crippen LogP contribution in [0.5, 0.6) is 0 Å². The number of H-pyrrole nitrogens is 1. The number of hydrogen-bond donors (Lipinski definition) is 1. The minimum absolute atomic E-state index is 0.531. The predicted molar refractivity (Wildman–Crippen MR) is 74.5 cm³/mol. The maximum absolute atomic E-state index is 5.28. The Morgan fingerprint density at radius 2 is 1.89 bits per heavy atom. The predicted octanol–water partition coefficient (Wildman–Crippen LogP) is 2.70. The molecule has 0 spiro atoms. The number of aromatic nitrogens is 5. The average Bonchev–Trinajstić information content (AvgIpc) is 2.82. The van der Waals surface area contributed by atoms with Gasteiger partial charge in [-0.25, -0.2) is 4.98 Å². The summed E-state index contributed by atoms with van der Waals surface area (Å²) in [5.41, 5.74) is 2.49. The smallest absolute Gasteiger partial charge is 0.200 e. The van der Waals surface area contributed by atoms with Crippen molar-refractivity contribution in [1.29, 1.82) is 0 Å². The summed E-state index contributed by atoms with van der Waals surface area (Å²) in [7, 11) is 0. The van der Waals surface area contributed by atoms with Crippen molar-refractivity contribution in [1.82, 2.24) is 24.7 Å². The molecule has 0 aliphatic rings. The molecule has 0 aliphatic heterocycles. The molecular formula is C13H11N5S. The van der Waals surface area contributed by atoms with Gasteiger partial charge in [0.15, 0.2) is 10.6 Å². The molecule has 0 bridgehead atoms. The lowest BCUT2D eigenvalue weighted by Crippen LogP contribution is -1.99. The Bertz CT molecular complexity index is 743.